The molecule has 0 aliphatic carbocycles. The first kappa shape index (κ1) is 13.6. The second-order valence-corrected chi connectivity index (χ2v) is 5.43. The fourth-order valence-corrected chi connectivity index (χ4v) is 2.93. The molecule has 0 fully saturated rings. The summed E-state index contributed by atoms with van der Waals surface area (Å²) in [5.41, 5.74) is 3.93. The van der Waals surface area contributed by atoms with Gasteiger partial charge in [-0.05, 0) is 37.1 Å². The molecule has 4 nitrogen and oxygen atoms in total. The smallest absolute Gasteiger partial charge is 0.311 e. The van der Waals surface area contributed by atoms with Crippen LogP contribution in [-0.2, 0) is 11.3 Å². The van der Waals surface area contributed by atoms with Gasteiger partial charge in [0, 0.05) is 17.9 Å². The molecule has 1 aliphatic heterocycles. The van der Waals surface area contributed by atoms with Crippen molar-refractivity contribution in [2.75, 3.05) is 11.4 Å². The molecule has 2 heterocycles. The molecule has 4 heteroatoms. The zero-order chi connectivity index (χ0) is 14.8. The minimum Gasteiger partial charge on any atom is -0.481 e. The number of para-hydroxylation sites is 1. The number of fused-ring (bicyclic) bond motifs is 1. The fraction of sp³-hybridized carbons (Fsp3) is 0.294. The summed E-state index contributed by atoms with van der Waals surface area (Å²) in [4.78, 5) is 18.2. The van der Waals surface area contributed by atoms with Crippen molar-refractivity contribution in [3.8, 4) is 0 Å². The highest BCUT2D eigenvalue weighted by molar-refractivity contribution is 5.80. The number of rotatable bonds is 3. The Balaban J connectivity index is 1.91. The average molecular weight is 282 g/mol. The van der Waals surface area contributed by atoms with Crippen LogP contribution < -0.4 is 4.90 Å². The van der Waals surface area contributed by atoms with Gasteiger partial charge in [0.05, 0.1) is 18.2 Å². The fourth-order valence-electron chi connectivity index (χ4n) is 2.93. The Labute approximate surface area is 124 Å². The van der Waals surface area contributed by atoms with Gasteiger partial charge in [0.1, 0.15) is 0 Å². The number of hydrogen-bond acceptors (Lipinski definition) is 3. The van der Waals surface area contributed by atoms with Crippen molar-refractivity contribution in [2.24, 2.45) is 0 Å². The number of carbonyl (C=O) groups is 1. The summed E-state index contributed by atoms with van der Waals surface area (Å²) < 4.78 is 0. The van der Waals surface area contributed by atoms with Crippen LogP contribution in [0.15, 0.2) is 42.5 Å². The van der Waals surface area contributed by atoms with Crippen LogP contribution in [0.3, 0.4) is 0 Å². The highest BCUT2D eigenvalue weighted by atomic mass is 16.4. The van der Waals surface area contributed by atoms with Crippen LogP contribution in [0.4, 0.5) is 5.69 Å². The number of pyridine rings is 1. The molecule has 1 aromatic carbocycles. The normalized spacial score (nSPS) is 17.4. The zero-order valence-corrected chi connectivity index (χ0v) is 12.0. The van der Waals surface area contributed by atoms with Gasteiger partial charge in [-0.15, -0.1) is 0 Å². The lowest BCUT2D eigenvalue weighted by molar-refractivity contribution is -0.139. The molecule has 0 saturated carbocycles. The third-order valence-electron chi connectivity index (χ3n) is 3.94. The molecule has 1 unspecified atom stereocenters. The predicted octanol–water partition coefficient (Wildman–Crippen LogP) is 2.97. The van der Waals surface area contributed by atoms with E-state index in [4.69, 9.17) is 0 Å². The van der Waals surface area contributed by atoms with Gasteiger partial charge in [-0.2, -0.15) is 0 Å². The summed E-state index contributed by atoms with van der Waals surface area (Å²) in [5.74, 6) is -1.14. The molecule has 2 aromatic rings. The molecule has 1 aromatic heterocycles. The molecule has 21 heavy (non-hydrogen) atoms. The highest BCUT2D eigenvalue weighted by Crippen LogP contribution is 2.35. The van der Waals surface area contributed by atoms with Gasteiger partial charge in [0.2, 0.25) is 0 Å². The minimum absolute atomic E-state index is 0.400. The standard InChI is InChI=1S/C17H18N2O2/c1-12-5-4-6-13(18-12)11-19-10-9-15(17(20)21)14-7-2-3-8-16(14)19/h2-8,15H,9-11H2,1H3,(H,20,21). The summed E-state index contributed by atoms with van der Waals surface area (Å²) in [7, 11) is 0. The van der Waals surface area contributed by atoms with Crippen LogP contribution in [0.25, 0.3) is 0 Å². The van der Waals surface area contributed by atoms with E-state index >= 15 is 0 Å². The predicted molar refractivity (Wildman–Crippen MR) is 81.5 cm³/mol. The summed E-state index contributed by atoms with van der Waals surface area (Å²) in [6.07, 6.45) is 0.637. The second kappa shape index (κ2) is 5.56. The van der Waals surface area contributed by atoms with Crippen LogP contribution in [0.5, 0.6) is 0 Å². The topological polar surface area (TPSA) is 53.4 Å². The molecule has 3 rings (SSSR count). The van der Waals surface area contributed by atoms with Gasteiger partial charge >= 0.3 is 5.97 Å². The molecule has 0 bridgehead atoms. The number of benzene rings is 1. The maximum atomic E-state index is 11.4. The van der Waals surface area contributed by atoms with E-state index in [2.05, 4.69) is 9.88 Å². The van der Waals surface area contributed by atoms with E-state index in [1.54, 1.807) is 0 Å². The van der Waals surface area contributed by atoms with Crippen LogP contribution in [-0.4, -0.2) is 22.6 Å². The molecule has 0 saturated heterocycles. The quantitative estimate of drug-likeness (QED) is 0.940. The Morgan fingerprint density at radius 3 is 2.86 bits per heavy atom. The first-order valence-corrected chi connectivity index (χ1v) is 7.14. The third-order valence-corrected chi connectivity index (χ3v) is 3.94. The van der Waals surface area contributed by atoms with Gasteiger partial charge in [-0.3, -0.25) is 9.78 Å². The lowest BCUT2D eigenvalue weighted by Crippen LogP contribution is -2.33. The van der Waals surface area contributed by atoms with Gasteiger partial charge in [0.15, 0.2) is 0 Å². The van der Waals surface area contributed by atoms with E-state index in [1.165, 1.54) is 0 Å². The van der Waals surface area contributed by atoms with Crippen molar-refractivity contribution in [1.82, 2.24) is 4.98 Å². The molecule has 0 radical (unpaired) electrons. The number of aromatic nitrogens is 1. The van der Waals surface area contributed by atoms with Crippen molar-refractivity contribution in [2.45, 2.75) is 25.8 Å². The molecule has 0 amide bonds. The van der Waals surface area contributed by atoms with Crippen LogP contribution in [0, 0.1) is 6.92 Å². The largest absolute Gasteiger partial charge is 0.481 e. The van der Waals surface area contributed by atoms with Gasteiger partial charge in [0.25, 0.3) is 0 Å². The van der Waals surface area contributed by atoms with Gasteiger partial charge in [-0.25, -0.2) is 0 Å². The summed E-state index contributed by atoms with van der Waals surface area (Å²) in [6, 6.07) is 13.8. The molecule has 0 spiro atoms. The number of nitrogens with zero attached hydrogens (tertiary/aromatic N) is 2. The average Bonchev–Trinajstić information content (AvgIpc) is 2.47. The number of aryl methyl sites for hydroxylation is 1. The Morgan fingerprint density at radius 2 is 2.10 bits per heavy atom. The van der Waals surface area contributed by atoms with Crippen molar-refractivity contribution in [3.05, 3.63) is 59.4 Å². The first-order chi connectivity index (χ1) is 10.1. The lowest BCUT2D eigenvalue weighted by Gasteiger charge is -2.34. The van der Waals surface area contributed by atoms with Crippen molar-refractivity contribution < 1.29 is 9.90 Å². The van der Waals surface area contributed by atoms with Crippen molar-refractivity contribution >= 4 is 11.7 Å². The first-order valence-electron chi connectivity index (χ1n) is 7.14. The van der Waals surface area contributed by atoms with Crippen LogP contribution >= 0.6 is 0 Å². The molecule has 108 valence electrons. The maximum absolute atomic E-state index is 11.4. The Bertz CT molecular complexity index is 669. The summed E-state index contributed by atoms with van der Waals surface area (Å²) >= 11 is 0. The lowest BCUT2D eigenvalue weighted by atomic mass is 9.90. The number of anilines is 1. The Morgan fingerprint density at radius 1 is 1.29 bits per heavy atom. The number of hydrogen-bond donors (Lipinski definition) is 1. The Kier molecular flexibility index (Phi) is 3.60. The summed E-state index contributed by atoms with van der Waals surface area (Å²) in [6.45, 7) is 3.43. The van der Waals surface area contributed by atoms with Gasteiger partial charge < -0.3 is 10.0 Å². The van der Waals surface area contributed by atoms with Crippen LogP contribution in [0.1, 0.15) is 29.3 Å². The van der Waals surface area contributed by atoms with Crippen molar-refractivity contribution in [1.29, 1.82) is 0 Å². The highest BCUT2D eigenvalue weighted by Gasteiger charge is 2.29. The van der Waals surface area contributed by atoms with E-state index in [9.17, 15) is 9.90 Å². The maximum Gasteiger partial charge on any atom is 0.311 e. The van der Waals surface area contributed by atoms with E-state index in [0.717, 1.165) is 29.2 Å². The number of carboxylic acid groups (broad SMARTS) is 1. The molecule has 1 aliphatic rings. The molecule has 1 N–H and O–H groups in total. The van der Waals surface area contributed by atoms with Crippen LogP contribution in [0.2, 0.25) is 0 Å². The zero-order valence-electron chi connectivity index (χ0n) is 12.0. The monoisotopic (exact) mass is 282 g/mol. The van der Waals surface area contributed by atoms with E-state index in [1.807, 2.05) is 49.4 Å². The summed E-state index contributed by atoms with van der Waals surface area (Å²) in [5, 5.41) is 9.37. The molecule has 1 atom stereocenters. The third kappa shape index (κ3) is 2.75. The number of aliphatic carboxylic acids is 1. The van der Waals surface area contributed by atoms with E-state index in [-0.39, 0.29) is 0 Å². The van der Waals surface area contributed by atoms with E-state index in [0.29, 0.717) is 13.0 Å². The number of carboxylic acids is 1. The minimum atomic E-state index is -0.740. The molecular weight excluding hydrogens is 264 g/mol. The Hall–Kier alpha value is -2.36. The molecular formula is C17H18N2O2. The van der Waals surface area contributed by atoms with E-state index < -0.39 is 11.9 Å². The SMILES string of the molecule is Cc1cccc(CN2CCC(C(=O)O)c3ccccc32)n1. The van der Waals surface area contributed by atoms with Crippen molar-refractivity contribution in [3.63, 3.8) is 0 Å². The second-order valence-electron chi connectivity index (χ2n) is 5.43. The van der Waals surface area contributed by atoms with Gasteiger partial charge in [-0.1, -0.05) is 24.3 Å².